The van der Waals surface area contributed by atoms with E-state index >= 15 is 0 Å². The van der Waals surface area contributed by atoms with Crippen LogP contribution in [0.2, 0.25) is 0 Å². The molecule has 1 aromatic carbocycles. The summed E-state index contributed by atoms with van der Waals surface area (Å²) in [6.45, 7) is 0. The normalized spacial score (nSPS) is 21.6. The number of fused-ring (bicyclic) bond motifs is 1. The van der Waals surface area contributed by atoms with E-state index in [-0.39, 0.29) is 17.4 Å². The molecule has 5 nitrogen and oxygen atoms in total. The van der Waals surface area contributed by atoms with Gasteiger partial charge in [-0.15, -0.1) is 0 Å². The summed E-state index contributed by atoms with van der Waals surface area (Å²) in [5.41, 5.74) is 1.65. The molecule has 114 valence electrons. The molecule has 0 saturated heterocycles. The molecule has 1 aliphatic carbocycles. The molecule has 1 fully saturated rings. The minimum atomic E-state index is -0.156. The maximum atomic E-state index is 12.5. The summed E-state index contributed by atoms with van der Waals surface area (Å²) < 4.78 is 1.90. The van der Waals surface area contributed by atoms with Crippen LogP contribution in [-0.2, 0) is 4.79 Å². The molecule has 2 N–H and O–H groups in total. The Balaban J connectivity index is 1.84. The van der Waals surface area contributed by atoms with Crippen LogP contribution in [0.4, 0.5) is 5.82 Å². The number of amides is 1. The van der Waals surface area contributed by atoms with Gasteiger partial charge < -0.3 is 5.32 Å². The monoisotopic (exact) mass is 297 g/mol. The summed E-state index contributed by atoms with van der Waals surface area (Å²) >= 11 is 0. The van der Waals surface area contributed by atoms with Crippen molar-refractivity contribution < 1.29 is 4.79 Å². The van der Waals surface area contributed by atoms with Gasteiger partial charge in [0, 0.05) is 12.3 Å². The molecular formula is C17H19N3O2. The Morgan fingerprint density at radius 3 is 2.50 bits per heavy atom. The molecule has 0 spiro atoms. The Morgan fingerprint density at radius 2 is 1.77 bits per heavy atom. The standard InChI is InChI=1S/C17H19N3O2/c21-14-10-13(11-6-2-1-3-7-11)15-16(18-14)20(19-17(15)22)12-8-4-5-9-12/h1-3,6-7,12-13H,4-5,8-10H2,(H,18,21)(H,19,22). The van der Waals surface area contributed by atoms with E-state index < -0.39 is 0 Å². The number of carbonyl (C=O) groups is 1. The third-order valence-electron chi connectivity index (χ3n) is 4.85. The van der Waals surface area contributed by atoms with Crippen molar-refractivity contribution >= 4 is 11.7 Å². The molecular weight excluding hydrogens is 278 g/mol. The van der Waals surface area contributed by atoms with E-state index in [4.69, 9.17) is 0 Å². The maximum absolute atomic E-state index is 12.5. The van der Waals surface area contributed by atoms with Crippen LogP contribution in [0, 0.1) is 0 Å². The quantitative estimate of drug-likeness (QED) is 0.895. The van der Waals surface area contributed by atoms with Crippen LogP contribution < -0.4 is 10.9 Å². The number of H-pyrrole nitrogens is 1. The Hall–Kier alpha value is -2.30. The lowest BCUT2D eigenvalue weighted by atomic mass is 9.87. The lowest BCUT2D eigenvalue weighted by Gasteiger charge is -2.24. The minimum absolute atomic E-state index is 0.0212. The van der Waals surface area contributed by atoms with Gasteiger partial charge in [-0.25, -0.2) is 0 Å². The second-order valence-corrected chi connectivity index (χ2v) is 6.23. The topological polar surface area (TPSA) is 66.9 Å². The molecule has 0 bridgehead atoms. The molecule has 1 aliphatic heterocycles. The van der Waals surface area contributed by atoms with E-state index in [1.807, 2.05) is 35.0 Å². The third-order valence-corrected chi connectivity index (χ3v) is 4.85. The van der Waals surface area contributed by atoms with Crippen LogP contribution in [0.25, 0.3) is 0 Å². The molecule has 2 heterocycles. The zero-order valence-corrected chi connectivity index (χ0v) is 12.3. The fraction of sp³-hybridized carbons (Fsp3) is 0.412. The first-order valence-electron chi connectivity index (χ1n) is 7.93. The van der Waals surface area contributed by atoms with Crippen molar-refractivity contribution in [2.45, 2.75) is 44.1 Å². The van der Waals surface area contributed by atoms with Gasteiger partial charge in [0.25, 0.3) is 5.56 Å². The fourth-order valence-electron chi connectivity index (χ4n) is 3.79. The molecule has 0 radical (unpaired) electrons. The Kier molecular flexibility index (Phi) is 3.13. The van der Waals surface area contributed by atoms with Gasteiger partial charge in [0.2, 0.25) is 5.91 Å². The van der Waals surface area contributed by atoms with Gasteiger partial charge in [0.15, 0.2) is 0 Å². The zero-order chi connectivity index (χ0) is 15.1. The van der Waals surface area contributed by atoms with Crippen molar-refractivity contribution in [3.8, 4) is 0 Å². The molecule has 1 amide bonds. The highest BCUT2D eigenvalue weighted by atomic mass is 16.2. The van der Waals surface area contributed by atoms with E-state index in [2.05, 4.69) is 10.4 Å². The molecule has 1 unspecified atom stereocenters. The third kappa shape index (κ3) is 2.08. The van der Waals surface area contributed by atoms with Crippen LogP contribution in [0.5, 0.6) is 0 Å². The largest absolute Gasteiger partial charge is 0.311 e. The van der Waals surface area contributed by atoms with E-state index in [9.17, 15) is 9.59 Å². The van der Waals surface area contributed by atoms with Crippen molar-refractivity contribution in [2.24, 2.45) is 0 Å². The number of benzene rings is 1. The highest BCUT2D eigenvalue weighted by Gasteiger charge is 2.34. The summed E-state index contributed by atoms with van der Waals surface area (Å²) in [7, 11) is 0. The average molecular weight is 297 g/mol. The number of nitrogens with one attached hydrogen (secondary N) is 2. The predicted octanol–water partition coefficient (Wildman–Crippen LogP) is 2.77. The van der Waals surface area contributed by atoms with Crippen molar-refractivity contribution in [1.29, 1.82) is 0 Å². The molecule has 1 aromatic heterocycles. The van der Waals surface area contributed by atoms with Gasteiger partial charge in [0.05, 0.1) is 11.6 Å². The zero-order valence-electron chi connectivity index (χ0n) is 12.3. The maximum Gasteiger partial charge on any atom is 0.270 e. The highest BCUT2D eigenvalue weighted by molar-refractivity contribution is 5.94. The van der Waals surface area contributed by atoms with Crippen molar-refractivity contribution in [1.82, 2.24) is 9.78 Å². The number of hydrogen-bond donors (Lipinski definition) is 2. The van der Waals surface area contributed by atoms with E-state index in [0.29, 0.717) is 23.8 Å². The van der Waals surface area contributed by atoms with Crippen molar-refractivity contribution in [3.05, 3.63) is 51.8 Å². The smallest absolute Gasteiger partial charge is 0.270 e. The molecule has 1 atom stereocenters. The molecule has 2 aromatic rings. The first-order chi connectivity index (χ1) is 10.7. The Labute approximate surface area is 128 Å². The summed E-state index contributed by atoms with van der Waals surface area (Å²) in [4.78, 5) is 24.6. The van der Waals surface area contributed by atoms with E-state index in [0.717, 1.165) is 18.4 Å². The van der Waals surface area contributed by atoms with Crippen LogP contribution in [0.1, 0.15) is 55.2 Å². The van der Waals surface area contributed by atoms with Gasteiger partial charge in [-0.05, 0) is 18.4 Å². The Bertz CT molecular complexity index is 754. The van der Waals surface area contributed by atoms with Crippen LogP contribution in [-0.4, -0.2) is 15.7 Å². The lowest BCUT2D eigenvalue weighted by molar-refractivity contribution is -0.116. The van der Waals surface area contributed by atoms with Crippen LogP contribution >= 0.6 is 0 Å². The van der Waals surface area contributed by atoms with Crippen LogP contribution in [0.15, 0.2) is 35.1 Å². The first-order valence-corrected chi connectivity index (χ1v) is 7.93. The number of aromatic amines is 1. The van der Waals surface area contributed by atoms with E-state index in [1.165, 1.54) is 12.8 Å². The molecule has 2 aliphatic rings. The van der Waals surface area contributed by atoms with Gasteiger partial charge >= 0.3 is 0 Å². The number of carbonyl (C=O) groups excluding carboxylic acids is 1. The summed E-state index contributed by atoms with van der Waals surface area (Å²) in [5.74, 6) is 0.505. The van der Waals surface area contributed by atoms with Gasteiger partial charge in [0.1, 0.15) is 5.82 Å². The van der Waals surface area contributed by atoms with Crippen LogP contribution in [0.3, 0.4) is 0 Å². The number of rotatable bonds is 2. The predicted molar refractivity (Wildman–Crippen MR) is 84.1 cm³/mol. The SMILES string of the molecule is O=C1CC(c2ccccc2)c2c(n(C3CCCC3)[nH]c2=O)N1. The molecule has 5 heteroatoms. The van der Waals surface area contributed by atoms with Gasteiger partial charge in [-0.2, -0.15) is 0 Å². The molecule has 22 heavy (non-hydrogen) atoms. The number of anilines is 1. The van der Waals surface area contributed by atoms with Crippen molar-refractivity contribution in [2.75, 3.05) is 5.32 Å². The Morgan fingerprint density at radius 1 is 1.05 bits per heavy atom. The second kappa shape index (κ2) is 5.16. The molecule has 1 saturated carbocycles. The fourth-order valence-corrected chi connectivity index (χ4v) is 3.79. The number of hydrogen-bond acceptors (Lipinski definition) is 2. The average Bonchev–Trinajstić information content (AvgIpc) is 3.16. The summed E-state index contributed by atoms with van der Waals surface area (Å²) in [6, 6.07) is 10.1. The minimum Gasteiger partial charge on any atom is -0.311 e. The summed E-state index contributed by atoms with van der Waals surface area (Å²) in [6.07, 6.45) is 4.80. The number of aromatic nitrogens is 2. The lowest BCUT2D eigenvalue weighted by Crippen LogP contribution is -2.27. The van der Waals surface area contributed by atoms with Gasteiger partial charge in [-0.3, -0.25) is 19.4 Å². The number of nitrogens with zero attached hydrogens (tertiary/aromatic N) is 1. The first kappa shape index (κ1) is 13.4. The van der Waals surface area contributed by atoms with Gasteiger partial charge in [-0.1, -0.05) is 43.2 Å². The van der Waals surface area contributed by atoms with Crippen molar-refractivity contribution in [3.63, 3.8) is 0 Å². The highest BCUT2D eigenvalue weighted by Crippen LogP contribution is 2.38. The summed E-state index contributed by atoms with van der Waals surface area (Å²) in [5, 5.41) is 5.88. The molecule has 4 rings (SSSR count). The van der Waals surface area contributed by atoms with E-state index in [1.54, 1.807) is 0 Å². The second-order valence-electron chi connectivity index (χ2n) is 6.23.